The molecule has 0 fully saturated rings. The van der Waals surface area contributed by atoms with Crippen molar-refractivity contribution in [1.29, 1.82) is 0 Å². The predicted molar refractivity (Wildman–Crippen MR) is 106 cm³/mol. The fraction of sp³-hybridized carbons (Fsp3) is 0.474. The standard InChI is InChI=1S/C19H21FN3O3S2/c1-19(2,25)15-9-12(20)17(27-15)28(26)23-18(24)22-16-10-5-3-7-13(10)21-14-8-4-6-11(14)16/h9,25H,3-8H2,1-2H3,(H,21,22,24)/q-1. The molecule has 6 nitrogen and oxygen atoms in total. The lowest BCUT2D eigenvalue weighted by molar-refractivity contribution is 0.0823. The third-order valence-electron chi connectivity index (χ3n) is 5.07. The maximum atomic E-state index is 14.1. The lowest BCUT2D eigenvalue weighted by atomic mass is 10.1. The Labute approximate surface area is 168 Å². The van der Waals surface area contributed by atoms with Gasteiger partial charge in [0.05, 0.1) is 11.3 Å². The van der Waals surface area contributed by atoms with Crippen molar-refractivity contribution >= 4 is 33.7 Å². The number of halogens is 1. The number of nitrogens with zero attached hydrogens (tertiary/aromatic N) is 2. The summed E-state index contributed by atoms with van der Waals surface area (Å²) in [6, 6.07) is 0.374. The minimum atomic E-state index is -2.18. The molecule has 0 saturated carbocycles. The average molecular weight is 423 g/mol. The Hall–Kier alpha value is -1.84. The predicted octanol–water partition coefficient (Wildman–Crippen LogP) is 4.23. The molecule has 2 aliphatic carbocycles. The van der Waals surface area contributed by atoms with Gasteiger partial charge in [0.25, 0.3) is 0 Å². The molecule has 0 atom stereocenters. The van der Waals surface area contributed by atoms with Crippen LogP contribution in [0.4, 0.5) is 14.9 Å². The van der Waals surface area contributed by atoms with E-state index in [0.717, 1.165) is 84.1 Å². The van der Waals surface area contributed by atoms with Crippen LogP contribution < -0.4 is 5.32 Å². The smallest absolute Gasteiger partial charge is 0.322 e. The zero-order valence-electron chi connectivity index (χ0n) is 15.7. The van der Waals surface area contributed by atoms with E-state index in [4.69, 9.17) is 4.98 Å². The third kappa shape index (κ3) is 3.58. The lowest BCUT2D eigenvalue weighted by Gasteiger charge is -2.15. The molecule has 28 heavy (non-hydrogen) atoms. The van der Waals surface area contributed by atoms with Crippen molar-refractivity contribution in [3.05, 3.63) is 39.3 Å². The minimum absolute atomic E-state index is 0.169. The molecule has 4 rings (SSSR count). The third-order valence-corrected chi connectivity index (χ3v) is 7.80. The topological polar surface area (TPSA) is 91.6 Å². The largest absolute Gasteiger partial charge is 0.439 e. The van der Waals surface area contributed by atoms with E-state index in [9.17, 15) is 18.5 Å². The quantitative estimate of drug-likeness (QED) is 0.724. The second-order valence-corrected chi connectivity index (χ2v) is 10.0. The van der Waals surface area contributed by atoms with E-state index >= 15 is 0 Å². The van der Waals surface area contributed by atoms with E-state index < -0.39 is 28.0 Å². The van der Waals surface area contributed by atoms with Crippen LogP contribution in [0.25, 0.3) is 0 Å². The number of amides is 2. The molecule has 2 amide bonds. The maximum Gasteiger partial charge on any atom is 0.322 e. The Morgan fingerprint density at radius 1 is 1.25 bits per heavy atom. The van der Waals surface area contributed by atoms with Crippen LogP contribution in [-0.2, 0) is 46.1 Å². The molecule has 150 valence electrons. The molecular weight excluding hydrogens is 401 g/mol. The number of carbonyl (C=O) groups excluding carboxylic acids is 1. The lowest BCUT2D eigenvalue weighted by Crippen LogP contribution is -2.13. The molecule has 0 aromatic carbocycles. The fourth-order valence-electron chi connectivity index (χ4n) is 3.76. The number of rotatable bonds is 3. The van der Waals surface area contributed by atoms with Crippen molar-refractivity contribution in [3.63, 3.8) is 0 Å². The zero-order valence-corrected chi connectivity index (χ0v) is 17.3. The summed E-state index contributed by atoms with van der Waals surface area (Å²) in [5.74, 6) is -0.734. The van der Waals surface area contributed by atoms with Crippen LogP contribution in [0.5, 0.6) is 0 Å². The highest BCUT2D eigenvalue weighted by atomic mass is 32.2. The Morgan fingerprint density at radius 2 is 1.86 bits per heavy atom. The number of aromatic nitrogens is 1. The molecule has 0 unspecified atom stereocenters. The molecule has 0 bridgehead atoms. The van der Waals surface area contributed by atoms with Crippen LogP contribution >= 0.6 is 11.3 Å². The summed E-state index contributed by atoms with van der Waals surface area (Å²) in [6.45, 7) is 3.03. The SMILES string of the molecule is CC(C)(O)c1cc(F)c([S-](=O)=NC(=O)Nc2c3c(nc4c2CCC4)CCC3)s1. The molecule has 2 aromatic heterocycles. The minimum Gasteiger partial charge on any atom is -0.439 e. The number of hydrogen-bond acceptors (Lipinski definition) is 6. The molecule has 0 saturated heterocycles. The van der Waals surface area contributed by atoms with Crippen LogP contribution in [0, 0.1) is 5.82 Å². The highest BCUT2D eigenvalue weighted by Gasteiger charge is 2.26. The number of carbonyl (C=O) groups is 1. The number of aliphatic hydroxyl groups is 1. The number of urea groups is 1. The molecule has 9 heteroatoms. The number of pyridine rings is 1. The summed E-state index contributed by atoms with van der Waals surface area (Å²) in [7, 11) is -2.18. The van der Waals surface area contributed by atoms with Crippen LogP contribution in [0.3, 0.4) is 0 Å². The molecule has 2 aliphatic rings. The van der Waals surface area contributed by atoms with Crippen LogP contribution in [0.15, 0.2) is 14.6 Å². The number of fused-ring (bicyclic) bond motifs is 2. The van der Waals surface area contributed by atoms with E-state index in [-0.39, 0.29) is 4.21 Å². The van der Waals surface area contributed by atoms with Gasteiger partial charge >= 0.3 is 6.03 Å². The first-order chi connectivity index (χ1) is 13.2. The van der Waals surface area contributed by atoms with Gasteiger partial charge < -0.3 is 19.0 Å². The molecule has 2 aromatic rings. The van der Waals surface area contributed by atoms with Gasteiger partial charge in [-0.3, -0.25) is 4.98 Å². The summed E-state index contributed by atoms with van der Waals surface area (Å²) in [6.07, 6.45) is 5.49. The molecule has 0 radical (unpaired) electrons. The Balaban J connectivity index is 1.62. The van der Waals surface area contributed by atoms with Crippen molar-refractivity contribution in [2.24, 2.45) is 4.36 Å². The number of anilines is 1. The summed E-state index contributed by atoms with van der Waals surface area (Å²) in [5, 5.41) is 12.8. The summed E-state index contributed by atoms with van der Waals surface area (Å²) >= 11 is 0.854. The first-order valence-electron chi connectivity index (χ1n) is 9.24. The first kappa shape index (κ1) is 19.5. The Kier molecular flexibility index (Phi) is 5.01. The molecule has 0 aliphatic heterocycles. The molecule has 2 heterocycles. The highest BCUT2D eigenvalue weighted by Crippen LogP contribution is 2.37. The molecule has 0 spiro atoms. The van der Waals surface area contributed by atoms with Crippen molar-refractivity contribution in [3.8, 4) is 0 Å². The molecular formula is C19H21FN3O3S2-. The summed E-state index contributed by atoms with van der Waals surface area (Å²) in [4.78, 5) is 17.5. The number of thiophene rings is 1. The average Bonchev–Trinajstić information content (AvgIpc) is 3.32. The van der Waals surface area contributed by atoms with Gasteiger partial charge in [-0.1, -0.05) is 0 Å². The van der Waals surface area contributed by atoms with Gasteiger partial charge in [0.1, 0.15) is 5.82 Å². The van der Waals surface area contributed by atoms with Gasteiger partial charge in [0.2, 0.25) is 0 Å². The number of aryl methyl sites for hydroxylation is 2. The maximum absolute atomic E-state index is 14.1. The van der Waals surface area contributed by atoms with Crippen molar-refractivity contribution in [1.82, 2.24) is 4.98 Å². The van der Waals surface area contributed by atoms with Gasteiger partial charge in [-0.05, 0) is 73.8 Å². The second kappa shape index (κ2) is 7.20. The van der Waals surface area contributed by atoms with Gasteiger partial charge in [-0.15, -0.1) is 10.6 Å². The monoisotopic (exact) mass is 422 g/mol. The van der Waals surface area contributed by atoms with Crippen LogP contribution in [0.2, 0.25) is 0 Å². The fourth-order valence-corrected chi connectivity index (χ4v) is 5.70. The highest BCUT2D eigenvalue weighted by molar-refractivity contribution is 7.78. The number of nitrogens with one attached hydrogen (secondary N) is 1. The first-order valence-corrected chi connectivity index (χ1v) is 11.2. The second-order valence-electron chi connectivity index (χ2n) is 7.62. The van der Waals surface area contributed by atoms with Crippen molar-refractivity contribution < 1.29 is 18.5 Å². The Morgan fingerprint density at radius 3 is 2.39 bits per heavy atom. The summed E-state index contributed by atoms with van der Waals surface area (Å²) < 4.78 is 30.0. The van der Waals surface area contributed by atoms with Gasteiger partial charge in [-0.25, -0.2) is 9.18 Å². The Bertz CT molecular complexity index is 1020. The van der Waals surface area contributed by atoms with E-state index in [1.165, 1.54) is 13.8 Å². The van der Waals surface area contributed by atoms with Crippen LogP contribution in [-0.4, -0.2) is 16.1 Å². The van der Waals surface area contributed by atoms with E-state index in [1.807, 2.05) is 0 Å². The normalized spacial score (nSPS) is 16.9. The van der Waals surface area contributed by atoms with E-state index in [0.29, 0.717) is 4.88 Å². The van der Waals surface area contributed by atoms with E-state index in [1.54, 1.807) is 0 Å². The summed E-state index contributed by atoms with van der Waals surface area (Å²) in [5.41, 5.74) is 3.63. The van der Waals surface area contributed by atoms with Crippen molar-refractivity contribution in [2.75, 3.05) is 5.32 Å². The van der Waals surface area contributed by atoms with Gasteiger partial charge in [-0.2, -0.15) is 11.3 Å². The van der Waals surface area contributed by atoms with E-state index in [2.05, 4.69) is 9.68 Å². The zero-order chi connectivity index (χ0) is 20.1. The number of hydrogen-bond donors (Lipinski definition) is 2. The van der Waals surface area contributed by atoms with Crippen molar-refractivity contribution in [2.45, 2.75) is 62.2 Å². The van der Waals surface area contributed by atoms with Gasteiger partial charge in [0, 0.05) is 16.3 Å². The molecule has 2 N–H and O–H groups in total. The van der Waals surface area contributed by atoms with Gasteiger partial charge in [0.15, 0.2) is 0 Å². The van der Waals surface area contributed by atoms with Crippen LogP contribution in [0.1, 0.15) is 54.1 Å².